The van der Waals surface area contributed by atoms with E-state index in [-0.39, 0.29) is 6.04 Å². The second-order valence-corrected chi connectivity index (χ2v) is 7.24. The summed E-state index contributed by atoms with van der Waals surface area (Å²) in [5, 5.41) is 16.9. The first-order valence-electron chi connectivity index (χ1n) is 8.32. The highest BCUT2D eigenvalue weighted by Gasteiger charge is 2.30. The fraction of sp³-hybridized carbons (Fsp3) is 0.316. The highest BCUT2D eigenvalue weighted by atomic mass is 32.1. The van der Waals surface area contributed by atoms with Crippen molar-refractivity contribution in [2.24, 2.45) is 0 Å². The van der Waals surface area contributed by atoms with E-state index in [9.17, 15) is 5.11 Å². The van der Waals surface area contributed by atoms with Gasteiger partial charge in [-0.1, -0.05) is 30.3 Å². The normalized spacial score (nSPS) is 19.1. The van der Waals surface area contributed by atoms with E-state index >= 15 is 0 Å². The maximum absolute atomic E-state index is 10.5. The van der Waals surface area contributed by atoms with Gasteiger partial charge in [-0.05, 0) is 35.1 Å². The molecule has 124 valence electrons. The van der Waals surface area contributed by atoms with Crippen LogP contribution in [0.2, 0.25) is 0 Å². The van der Waals surface area contributed by atoms with Gasteiger partial charge in [0.15, 0.2) is 0 Å². The van der Waals surface area contributed by atoms with Crippen LogP contribution in [0.4, 0.5) is 0 Å². The van der Waals surface area contributed by atoms with Gasteiger partial charge >= 0.3 is 0 Å². The molecule has 3 aromatic rings. The van der Waals surface area contributed by atoms with Crippen LogP contribution in [0.25, 0.3) is 0 Å². The molecular weight excluding hydrogens is 318 g/mol. The Morgan fingerprint density at radius 1 is 1.17 bits per heavy atom. The molecule has 1 N–H and O–H groups in total. The quantitative estimate of drug-likeness (QED) is 0.777. The molecule has 0 spiro atoms. The highest BCUT2D eigenvalue weighted by Crippen LogP contribution is 2.37. The van der Waals surface area contributed by atoms with E-state index in [0.29, 0.717) is 13.1 Å². The summed E-state index contributed by atoms with van der Waals surface area (Å²) in [5.41, 5.74) is 2.69. The van der Waals surface area contributed by atoms with Gasteiger partial charge in [-0.3, -0.25) is 9.58 Å². The lowest BCUT2D eigenvalue weighted by atomic mass is 9.93. The van der Waals surface area contributed by atoms with Crippen molar-refractivity contribution in [2.45, 2.75) is 25.1 Å². The molecule has 0 fully saturated rings. The maximum atomic E-state index is 10.5. The van der Waals surface area contributed by atoms with Crippen molar-refractivity contribution in [3.8, 4) is 0 Å². The van der Waals surface area contributed by atoms with Crippen molar-refractivity contribution in [1.29, 1.82) is 0 Å². The third-order valence-electron chi connectivity index (χ3n) is 4.58. The molecule has 1 aromatic carbocycles. The second-order valence-electron chi connectivity index (χ2n) is 6.24. The van der Waals surface area contributed by atoms with Crippen molar-refractivity contribution in [1.82, 2.24) is 14.7 Å². The van der Waals surface area contributed by atoms with Crippen molar-refractivity contribution in [2.75, 3.05) is 13.1 Å². The third-order valence-corrected chi connectivity index (χ3v) is 5.58. The van der Waals surface area contributed by atoms with Crippen LogP contribution in [0.1, 0.15) is 22.0 Å². The lowest BCUT2D eigenvalue weighted by molar-refractivity contribution is 0.0780. The maximum Gasteiger partial charge on any atom is 0.0863 e. The molecule has 24 heavy (non-hydrogen) atoms. The lowest BCUT2D eigenvalue weighted by Gasteiger charge is -2.37. The largest absolute Gasteiger partial charge is 0.390 e. The number of rotatable bonds is 5. The van der Waals surface area contributed by atoms with Crippen LogP contribution in [0, 0.1) is 0 Å². The van der Waals surface area contributed by atoms with Gasteiger partial charge in [0.25, 0.3) is 0 Å². The number of aliphatic hydroxyl groups excluding tert-OH is 1. The van der Waals surface area contributed by atoms with Crippen molar-refractivity contribution in [3.05, 3.63) is 76.2 Å². The van der Waals surface area contributed by atoms with Gasteiger partial charge in [-0.25, -0.2) is 0 Å². The first-order valence-corrected chi connectivity index (χ1v) is 9.20. The summed E-state index contributed by atoms with van der Waals surface area (Å²) < 4.78 is 1.79. The Kier molecular flexibility index (Phi) is 4.47. The van der Waals surface area contributed by atoms with Gasteiger partial charge in [0, 0.05) is 30.4 Å². The van der Waals surface area contributed by atoms with Crippen LogP contribution in [-0.2, 0) is 13.0 Å². The summed E-state index contributed by atoms with van der Waals surface area (Å²) in [5.74, 6) is 0. The number of hydrogen-bond donors (Lipinski definition) is 1. The number of fused-ring (bicyclic) bond motifs is 1. The summed E-state index contributed by atoms with van der Waals surface area (Å²) in [6.07, 6.45) is 4.27. The van der Waals surface area contributed by atoms with Crippen LogP contribution in [-0.4, -0.2) is 39.0 Å². The van der Waals surface area contributed by atoms with E-state index in [0.717, 1.165) is 13.0 Å². The molecule has 0 saturated carbocycles. The van der Waals surface area contributed by atoms with E-state index in [1.165, 1.54) is 16.0 Å². The Morgan fingerprint density at radius 3 is 2.83 bits per heavy atom. The van der Waals surface area contributed by atoms with Gasteiger partial charge in [0.2, 0.25) is 0 Å². The molecule has 0 bridgehead atoms. The molecule has 1 aliphatic rings. The molecule has 0 aliphatic carbocycles. The number of thiophene rings is 1. The lowest BCUT2D eigenvalue weighted by Crippen LogP contribution is -2.41. The van der Waals surface area contributed by atoms with Crippen LogP contribution in [0.15, 0.2) is 60.2 Å². The Labute approximate surface area is 146 Å². The van der Waals surface area contributed by atoms with E-state index in [2.05, 4.69) is 51.8 Å². The van der Waals surface area contributed by atoms with Gasteiger partial charge in [-0.15, -0.1) is 11.3 Å². The summed E-state index contributed by atoms with van der Waals surface area (Å²) in [6.45, 7) is 2.15. The summed E-state index contributed by atoms with van der Waals surface area (Å²) in [7, 11) is 0. The smallest absolute Gasteiger partial charge is 0.0863 e. The van der Waals surface area contributed by atoms with Crippen molar-refractivity contribution >= 4 is 11.3 Å². The number of hydrogen-bond acceptors (Lipinski definition) is 4. The van der Waals surface area contributed by atoms with Crippen LogP contribution in [0.3, 0.4) is 0 Å². The van der Waals surface area contributed by atoms with Crippen LogP contribution >= 0.6 is 11.3 Å². The van der Waals surface area contributed by atoms with Crippen LogP contribution in [0.5, 0.6) is 0 Å². The van der Waals surface area contributed by atoms with Crippen LogP contribution < -0.4 is 0 Å². The first-order chi connectivity index (χ1) is 11.8. The monoisotopic (exact) mass is 339 g/mol. The number of aromatic nitrogens is 2. The van der Waals surface area contributed by atoms with Gasteiger partial charge in [-0.2, -0.15) is 5.10 Å². The molecule has 2 aromatic heterocycles. The van der Waals surface area contributed by atoms with Crippen molar-refractivity contribution in [3.63, 3.8) is 0 Å². The average Bonchev–Trinajstić information content (AvgIpc) is 3.26. The second kappa shape index (κ2) is 6.89. The topological polar surface area (TPSA) is 41.3 Å². The van der Waals surface area contributed by atoms with Gasteiger partial charge in [0.1, 0.15) is 0 Å². The molecule has 0 radical (unpaired) electrons. The minimum Gasteiger partial charge on any atom is -0.390 e. The molecule has 4 nitrogen and oxygen atoms in total. The average molecular weight is 339 g/mol. The molecule has 3 heterocycles. The zero-order valence-electron chi connectivity index (χ0n) is 13.5. The summed E-state index contributed by atoms with van der Waals surface area (Å²) in [6, 6.07) is 15.0. The Hall–Kier alpha value is -1.95. The number of benzene rings is 1. The zero-order valence-corrected chi connectivity index (χ0v) is 14.3. The number of nitrogens with zero attached hydrogens (tertiary/aromatic N) is 3. The molecule has 0 unspecified atom stereocenters. The first kappa shape index (κ1) is 15.6. The van der Waals surface area contributed by atoms with Gasteiger partial charge in [0.05, 0.1) is 18.7 Å². The Balaban J connectivity index is 1.57. The zero-order chi connectivity index (χ0) is 16.4. The molecule has 1 aliphatic heterocycles. The fourth-order valence-corrected chi connectivity index (χ4v) is 4.45. The fourth-order valence-electron chi connectivity index (χ4n) is 3.54. The van der Waals surface area contributed by atoms with E-state index in [1.807, 2.05) is 23.6 Å². The van der Waals surface area contributed by atoms with Gasteiger partial charge < -0.3 is 5.11 Å². The molecule has 5 heteroatoms. The van der Waals surface area contributed by atoms with Crippen molar-refractivity contribution < 1.29 is 5.11 Å². The highest BCUT2D eigenvalue weighted by molar-refractivity contribution is 7.10. The number of β-amino-alcohol motifs (C(OH)–C–C–N with tert-alkyl or cyclic N) is 1. The molecule has 2 atom stereocenters. The third kappa shape index (κ3) is 3.15. The molecule has 0 amide bonds. The van der Waals surface area contributed by atoms with E-state index < -0.39 is 6.10 Å². The molecule has 4 rings (SSSR count). The summed E-state index contributed by atoms with van der Waals surface area (Å²) >= 11 is 1.85. The predicted molar refractivity (Wildman–Crippen MR) is 96.1 cm³/mol. The standard InChI is InChI=1S/C19H21N3OS/c23-16(14-22-10-4-9-20-22)13-21-11-7-18-17(8-12-24-18)19(21)15-5-2-1-3-6-15/h1-6,8-10,12,16,19,23H,7,11,13-14H2/t16-,19+/m1/s1. The minimum atomic E-state index is -0.434. The minimum absolute atomic E-state index is 0.230. The SMILES string of the molecule is O[C@H](CN1CCc2sccc2[C@@H]1c1ccccc1)Cn1cccn1. The Bertz CT molecular complexity index is 769. The Morgan fingerprint density at radius 2 is 2.04 bits per heavy atom. The molecule has 0 saturated heterocycles. The number of aliphatic hydroxyl groups is 1. The predicted octanol–water partition coefficient (Wildman–Crippen LogP) is 2.95. The van der Waals surface area contributed by atoms with E-state index in [1.54, 1.807) is 10.9 Å². The summed E-state index contributed by atoms with van der Waals surface area (Å²) in [4.78, 5) is 3.88. The van der Waals surface area contributed by atoms with E-state index in [4.69, 9.17) is 0 Å². The molecular formula is C19H21N3OS.